The first-order valence-electron chi connectivity index (χ1n) is 8.50. The second-order valence-electron chi connectivity index (χ2n) is 6.43. The molecular weight excluding hydrogens is 320 g/mol. The monoisotopic (exact) mass is 339 g/mol. The molecule has 2 aromatic heterocycles. The minimum Gasteiger partial charge on any atom is -0.344 e. The predicted octanol–water partition coefficient (Wildman–Crippen LogP) is 4.68. The van der Waals surface area contributed by atoms with Gasteiger partial charge in [-0.05, 0) is 36.8 Å². The van der Waals surface area contributed by atoms with Crippen LogP contribution in [0.3, 0.4) is 0 Å². The Kier molecular flexibility index (Phi) is 3.78. The first-order valence-corrected chi connectivity index (χ1v) is 8.50. The summed E-state index contributed by atoms with van der Waals surface area (Å²) in [6, 6.07) is 16.4. The van der Waals surface area contributed by atoms with Crippen molar-refractivity contribution in [2.75, 3.05) is 0 Å². The van der Waals surface area contributed by atoms with Crippen LogP contribution in [0, 0.1) is 20.4 Å². The molecule has 4 heteroatoms. The average molecular weight is 339 g/mol. The van der Waals surface area contributed by atoms with Crippen molar-refractivity contribution in [1.29, 1.82) is 0 Å². The lowest BCUT2D eigenvalue weighted by Crippen LogP contribution is -2.35. The number of hydrogen-bond acceptors (Lipinski definition) is 1. The topological polar surface area (TPSA) is 26.1 Å². The molecule has 0 saturated carbocycles. The van der Waals surface area contributed by atoms with Gasteiger partial charge in [0.1, 0.15) is 18.1 Å². The molecule has 0 aliphatic heterocycles. The zero-order valence-electron chi connectivity index (χ0n) is 15.1. The van der Waals surface area contributed by atoms with Crippen molar-refractivity contribution in [2.45, 2.75) is 13.8 Å². The summed E-state index contributed by atoms with van der Waals surface area (Å²) in [5.74, 6) is 0.890. The molecule has 4 rings (SSSR count). The van der Waals surface area contributed by atoms with E-state index in [1.165, 1.54) is 10.9 Å². The van der Waals surface area contributed by atoms with E-state index in [0.717, 1.165) is 28.3 Å². The van der Waals surface area contributed by atoms with Crippen LogP contribution in [0.4, 0.5) is 5.69 Å². The van der Waals surface area contributed by atoms with Gasteiger partial charge in [0.05, 0.1) is 6.57 Å². The van der Waals surface area contributed by atoms with Gasteiger partial charge in [0.15, 0.2) is 5.69 Å². The fraction of sp³-hybridized carbons (Fsp3) is 0.136. The molecular formula is C22H19N4+. The third kappa shape index (κ3) is 2.46. The molecule has 0 fully saturated rings. The van der Waals surface area contributed by atoms with Crippen molar-refractivity contribution < 1.29 is 4.57 Å². The Balaban J connectivity index is 2.03. The summed E-state index contributed by atoms with van der Waals surface area (Å²) >= 11 is 0. The highest BCUT2D eigenvalue weighted by molar-refractivity contribution is 5.88. The van der Waals surface area contributed by atoms with E-state index < -0.39 is 0 Å². The molecule has 0 bridgehead atoms. The summed E-state index contributed by atoms with van der Waals surface area (Å²) in [5.41, 5.74) is 6.11. The first-order chi connectivity index (χ1) is 12.6. The first kappa shape index (κ1) is 16.0. The smallest absolute Gasteiger partial charge is 0.300 e. The fourth-order valence-electron chi connectivity index (χ4n) is 3.51. The van der Waals surface area contributed by atoms with E-state index in [1.807, 2.05) is 35.9 Å². The van der Waals surface area contributed by atoms with Crippen LogP contribution in [0.25, 0.3) is 32.7 Å². The SMILES string of the molecule is [C-]#[N+]c1cc(-c2cc3ccccc3n2C)c(C)c(-[n+]2cccnc2C)c1. The minimum atomic E-state index is 0.626. The van der Waals surface area contributed by atoms with Crippen LogP contribution in [0.2, 0.25) is 0 Å². The summed E-state index contributed by atoms with van der Waals surface area (Å²) in [7, 11) is 2.07. The van der Waals surface area contributed by atoms with Gasteiger partial charge in [-0.1, -0.05) is 23.2 Å². The highest BCUT2D eigenvalue weighted by atomic mass is 15.0. The molecule has 0 radical (unpaired) electrons. The van der Waals surface area contributed by atoms with Gasteiger partial charge in [0, 0.05) is 42.2 Å². The van der Waals surface area contributed by atoms with E-state index in [-0.39, 0.29) is 0 Å². The van der Waals surface area contributed by atoms with Gasteiger partial charge < -0.3 is 4.57 Å². The maximum Gasteiger partial charge on any atom is 0.300 e. The fourth-order valence-corrected chi connectivity index (χ4v) is 3.51. The molecule has 2 aromatic carbocycles. The average Bonchev–Trinajstić information content (AvgIpc) is 2.99. The number of aryl methyl sites for hydroxylation is 2. The summed E-state index contributed by atoms with van der Waals surface area (Å²) in [4.78, 5) is 8.09. The number of aromatic nitrogens is 3. The lowest BCUT2D eigenvalue weighted by molar-refractivity contribution is -0.606. The van der Waals surface area contributed by atoms with Crippen molar-refractivity contribution in [3.63, 3.8) is 0 Å². The highest BCUT2D eigenvalue weighted by Crippen LogP contribution is 2.34. The van der Waals surface area contributed by atoms with Gasteiger partial charge in [0.2, 0.25) is 0 Å². The highest BCUT2D eigenvalue weighted by Gasteiger charge is 2.18. The van der Waals surface area contributed by atoms with Crippen molar-refractivity contribution >= 4 is 16.6 Å². The van der Waals surface area contributed by atoms with Gasteiger partial charge in [-0.3, -0.25) is 0 Å². The number of fused-ring (bicyclic) bond motifs is 1. The molecule has 0 spiro atoms. The van der Waals surface area contributed by atoms with Crippen molar-refractivity contribution in [3.8, 4) is 16.9 Å². The van der Waals surface area contributed by atoms with Crippen LogP contribution in [-0.4, -0.2) is 9.55 Å². The molecule has 4 aromatic rings. The molecule has 0 N–H and O–H groups in total. The maximum atomic E-state index is 7.54. The zero-order chi connectivity index (χ0) is 18.3. The lowest BCUT2D eigenvalue weighted by atomic mass is 10.0. The van der Waals surface area contributed by atoms with Crippen LogP contribution >= 0.6 is 0 Å². The number of para-hydroxylation sites is 1. The Morgan fingerprint density at radius 2 is 1.88 bits per heavy atom. The summed E-state index contributed by atoms with van der Waals surface area (Å²) in [6.07, 6.45) is 3.77. The molecule has 0 unspecified atom stereocenters. The van der Waals surface area contributed by atoms with E-state index in [1.54, 1.807) is 6.20 Å². The Hall–Kier alpha value is -3.45. The molecule has 0 atom stereocenters. The molecule has 126 valence electrons. The maximum absolute atomic E-state index is 7.54. The standard InChI is InChI=1S/C22H19N4/c1-15-19(22-12-17-8-5-6-9-20(17)25(22)4)13-18(23-3)14-21(15)26-11-7-10-24-16(26)2/h5-14H,1-2,4H3/q+1. The van der Waals surface area contributed by atoms with Crippen LogP contribution < -0.4 is 4.57 Å². The van der Waals surface area contributed by atoms with Gasteiger partial charge >= 0.3 is 0 Å². The van der Waals surface area contributed by atoms with Crippen LogP contribution in [-0.2, 0) is 7.05 Å². The second-order valence-corrected chi connectivity index (χ2v) is 6.43. The summed E-state index contributed by atoms with van der Waals surface area (Å²) in [5, 5.41) is 1.20. The molecule has 0 aliphatic carbocycles. The number of benzene rings is 2. The van der Waals surface area contributed by atoms with Crippen molar-refractivity contribution in [1.82, 2.24) is 9.55 Å². The zero-order valence-corrected chi connectivity index (χ0v) is 15.1. The molecule has 4 nitrogen and oxygen atoms in total. The largest absolute Gasteiger partial charge is 0.344 e. The Morgan fingerprint density at radius 3 is 2.62 bits per heavy atom. The third-order valence-corrected chi connectivity index (χ3v) is 4.91. The molecule has 2 heterocycles. The Bertz CT molecular complexity index is 1180. The van der Waals surface area contributed by atoms with Crippen LogP contribution in [0.1, 0.15) is 11.4 Å². The molecule has 0 aliphatic rings. The van der Waals surface area contributed by atoms with E-state index in [9.17, 15) is 0 Å². The quantitative estimate of drug-likeness (QED) is 0.384. The number of nitrogens with zero attached hydrogens (tertiary/aromatic N) is 4. The van der Waals surface area contributed by atoms with Gasteiger partial charge in [-0.25, -0.2) is 9.41 Å². The molecule has 0 amide bonds. The Morgan fingerprint density at radius 1 is 1.08 bits per heavy atom. The summed E-state index contributed by atoms with van der Waals surface area (Å²) in [6.45, 7) is 11.6. The minimum absolute atomic E-state index is 0.626. The van der Waals surface area contributed by atoms with Gasteiger partial charge in [-0.15, -0.1) is 0 Å². The third-order valence-electron chi connectivity index (χ3n) is 4.91. The van der Waals surface area contributed by atoms with Gasteiger partial charge in [-0.2, -0.15) is 0 Å². The second kappa shape index (κ2) is 6.12. The summed E-state index contributed by atoms with van der Waals surface area (Å²) < 4.78 is 4.23. The van der Waals surface area contributed by atoms with Crippen molar-refractivity contribution in [3.05, 3.63) is 83.7 Å². The molecule has 0 saturated heterocycles. The van der Waals surface area contributed by atoms with E-state index in [0.29, 0.717) is 5.69 Å². The predicted molar refractivity (Wildman–Crippen MR) is 103 cm³/mol. The Labute approximate surface area is 152 Å². The molecule has 26 heavy (non-hydrogen) atoms. The van der Waals surface area contributed by atoms with Crippen LogP contribution in [0.15, 0.2) is 60.9 Å². The van der Waals surface area contributed by atoms with E-state index >= 15 is 0 Å². The van der Waals surface area contributed by atoms with Gasteiger partial charge in [0.25, 0.3) is 5.82 Å². The van der Waals surface area contributed by atoms with E-state index in [2.05, 4.69) is 58.7 Å². The lowest BCUT2D eigenvalue weighted by Gasteiger charge is -2.13. The normalized spacial score (nSPS) is 10.8. The van der Waals surface area contributed by atoms with Crippen molar-refractivity contribution in [2.24, 2.45) is 7.05 Å². The van der Waals surface area contributed by atoms with Crippen LogP contribution in [0.5, 0.6) is 0 Å². The van der Waals surface area contributed by atoms with E-state index in [4.69, 9.17) is 6.57 Å². The number of hydrogen-bond donors (Lipinski definition) is 0. The number of rotatable bonds is 2.